The first-order valence-electron chi connectivity index (χ1n) is 51.6. The molecule has 0 aliphatic heterocycles. The molecule has 0 bridgehead atoms. The second kappa shape index (κ2) is 85.6. The Morgan fingerprint density at radius 1 is 0.203 bits per heavy atom. The van der Waals surface area contributed by atoms with Crippen molar-refractivity contribution in [2.75, 3.05) is 150 Å². The molecule has 128 heavy (non-hydrogen) atoms. The Kier molecular flexibility index (Phi) is 97.1. The molecule has 0 radical (unpaired) electrons. The van der Waals surface area contributed by atoms with Crippen LogP contribution in [0.1, 0.15) is 439 Å². The normalized spacial score (nSPS) is 16.5. The molecule has 0 fully saturated rings. The number of hydrogen-bond donors (Lipinski definition) is 0. The van der Waals surface area contributed by atoms with Crippen LogP contribution in [0.5, 0.6) is 0 Å². The fourth-order valence-corrected chi connectivity index (χ4v) is 14.5. The standard InChI is InChI=1S/C19H40O6.C19H40O2.C17H36O2.C17H36.C11H24O3.C11H24.C9H20O2.C9H20.CH4/c1-19(2,3)12-18(25-11-9-17(23-7)14-21-5)15-24-10-8-16(22-6)13-20-4;1-8-16(3)10-12-20-15-18(14-19(5,6)7)21-13-11-17(4)9-2;1-8-14(3)11-18-13-16(10-17(5,6)7)19-12-15(4)9-2;1-8-14(3)10-11-16(12-15(4)9-2)13-17(5,6)7;1-11(2,3)7-9(13-5)10(14-6)8-12-4;1-7-9(2)10(3)8-11(4,5)6;1-9(2,3)6-8(11-5)7-10-4;1-6-8(2)7-9(3,4)5;/h16-18H,8-15H2,1-7H3;16-18H,8-15H2,1-7H3;14-16H,8-13H2,1-7H3;14-16H,8-13H2,1-7H3;9-10H,7-8H2,1-6H3;9-10H,7-8H2,1-6H3;8H,6-7H2,1-5H3;8H,6-7H2,1-5H3;1H4. The molecule has 0 aliphatic carbocycles. The van der Waals surface area contributed by atoms with Crippen LogP contribution < -0.4 is 0 Å². The minimum Gasteiger partial charge on any atom is -0.382 e. The van der Waals surface area contributed by atoms with Gasteiger partial charge in [-0.25, -0.2) is 0 Å². The topological polar surface area (TPSA) is 138 Å². The second-order valence-corrected chi connectivity index (χ2v) is 48.5. The summed E-state index contributed by atoms with van der Waals surface area (Å²) in [4.78, 5) is 0. The highest BCUT2D eigenvalue weighted by atomic mass is 16.6. The molecule has 15 heteroatoms. The third-order valence-electron chi connectivity index (χ3n) is 23.7. The Morgan fingerprint density at radius 2 is 0.508 bits per heavy atom. The molecule has 0 aromatic carbocycles. The van der Waals surface area contributed by atoms with E-state index in [1.54, 1.807) is 64.0 Å². The minimum atomic E-state index is 0. The average molecular weight is 1840 g/mol. The quantitative estimate of drug-likeness (QED) is 0.0534. The molecule has 0 aliphatic rings. The van der Waals surface area contributed by atoms with Gasteiger partial charge in [-0.2, -0.15) is 0 Å². The first-order chi connectivity index (χ1) is 58.5. The summed E-state index contributed by atoms with van der Waals surface area (Å²) in [6.07, 6.45) is 28.6. The molecule has 0 aromatic heterocycles. The van der Waals surface area contributed by atoms with Crippen molar-refractivity contribution in [1.82, 2.24) is 0 Å². The fraction of sp³-hybridized carbons (Fsp3) is 1.00. The minimum absolute atomic E-state index is 0. The Balaban J connectivity index is -0.000000184. The van der Waals surface area contributed by atoms with E-state index in [0.29, 0.717) is 90.6 Å². The van der Waals surface area contributed by atoms with Crippen LogP contribution in [-0.4, -0.2) is 199 Å². The van der Waals surface area contributed by atoms with Crippen LogP contribution in [0.15, 0.2) is 0 Å². The summed E-state index contributed by atoms with van der Waals surface area (Å²) in [5.74, 6) is 8.21. The second-order valence-electron chi connectivity index (χ2n) is 48.5. The molecule has 0 rings (SSSR count). The molecular formula is C113H244O15. The van der Waals surface area contributed by atoms with Crippen LogP contribution in [0.4, 0.5) is 0 Å². The summed E-state index contributed by atoms with van der Waals surface area (Å²) in [6, 6.07) is 0. The van der Waals surface area contributed by atoms with Gasteiger partial charge in [0, 0.05) is 104 Å². The average Bonchev–Trinajstić information content (AvgIpc) is 0.871. The van der Waals surface area contributed by atoms with E-state index in [0.717, 1.165) is 145 Å². The maximum atomic E-state index is 6.10. The van der Waals surface area contributed by atoms with Crippen molar-refractivity contribution in [3.05, 3.63) is 0 Å². The van der Waals surface area contributed by atoms with Crippen LogP contribution in [0.2, 0.25) is 0 Å². The van der Waals surface area contributed by atoms with Gasteiger partial charge < -0.3 is 71.1 Å². The smallest absolute Gasteiger partial charge is 0.106 e. The SMILES string of the molecule is C.CCC(C)C(C)CC(C)(C)C.CCC(C)CC(C)(C)C.CCC(C)CCC(CC(C)CC)CC(C)(C)C.CCC(C)CCOCC(CC(C)(C)C)OCCC(C)CC.CCC(C)COCC(CC(C)(C)C)OCC(C)CC.COCC(CC(C)(C)C)OC.COCC(CCOCC(CC(C)(C)C)OCCC(COC)OC)OC.COCC(OC)C(CC(C)(C)C)OC. The fourth-order valence-electron chi connectivity index (χ4n) is 14.5. The summed E-state index contributed by atoms with van der Waals surface area (Å²) in [5, 5.41) is 0. The van der Waals surface area contributed by atoms with Gasteiger partial charge in [-0.1, -0.05) is 356 Å². The van der Waals surface area contributed by atoms with Crippen molar-refractivity contribution in [1.29, 1.82) is 0 Å². The molecule has 0 saturated heterocycles. The first-order valence-corrected chi connectivity index (χ1v) is 51.6. The molecule has 0 heterocycles. The Hall–Kier alpha value is -0.600. The highest BCUT2D eigenvalue weighted by Crippen LogP contribution is 2.35. The predicted octanol–water partition coefficient (Wildman–Crippen LogP) is 32.2. The lowest BCUT2D eigenvalue weighted by Gasteiger charge is -2.30. The third-order valence-corrected chi connectivity index (χ3v) is 23.7. The molecule has 18 unspecified atom stereocenters. The molecule has 18 atom stereocenters. The van der Waals surface area contributed by atoms with Crippen molar-refractivity contribution in [2.24, 2.45) is 102 Å². The maximum Gasteiger partial charge on any atom is 0.106 e. The summed E-state index contributed by atoms with van der Waals surface area (Å²) in [5.41, 5.74) is 2.85. The molecule has 15 nitrogen and oxygen atoms in total. The van der Waals surface area contributed by atoms with Crippen LogP contribution in [-0.2, 0) is 71.1 Å². The zero-order valence-corrected chi connectivity index (χ0v) is 96.0. The highest BCUT2D eigenvalue weighted by molar-refractivity contribution is 4.79. The lowest BCUT2D eigenvalue weighted by molar-refractivity contribution is -0.0804. The molecule has 0 saturated carbocycles. The van der Waals surface area contributed by atoms with Crippen molar-refractivity contribution >= 4 is 0 Å². The summed E-state index contributed by atoms with van der Waals surface area (Å²) < 4.78 is 82.8. The largest absolute Gasteiger partial charge is 0.382 e. The van der Waals surface area contributed by atoms with E-state index in [1.807, 2.05) is 0 Å². The summed E-state index contributed by atoms with van der Waals surface area (Å²) >= 11 is 0. The van der Waals surface area contributed by atoms with Crippen molar-refractivity contribution < 1.29 is 71.1 Å². The molecule has 0 aromatic rings. The zero-order valence-electron chi connectivity index (χ0n) is 96.0. The Labute approximate surface area is 806 Å². The van der Waals surface area contributed by atoms with Gasteiger partial charge in [-0.15, -0.1) is 0 Å². The van der Waals surface area contributed by atoms with Gasteiger partial charge >= 0.3 is 0 Å². The lowest BCUT2D eigenvalue weighted by atomic mass is 9.77. The van der Waals surface area contributed by atoms with Gasteiger partial charge in [0.05, 0.1) is 89.0 Å². The van der Waals surface area contributed by atoms with E-state index in [9.17, 15) is 0 Å². The van der Waals surface area contributed by atoms with Crippen molar-refractivity contribution in [3.63, 3.8) is 0 Å². The van der Waals surface area contributed by atoms with Gasteiger partial charge in [0.25, 0.3) is 0 Å². The van der Waals surface area contributed by atoms with Gasteiger partial charge in [0.15, 0.2) is 0 Å². The Morgan fingerprint density at radius 3 is 0.836 bits per heavy atom. The van der Waals surface area contributed by atoms with E-state index in [-0.39, 0.29) is 67.1 Å². The van der Waals surface area contributed by atoms with E-state index in [1.165, 1.54) is 89.9 Å². The number of rotatable bonds is 61. The number of ether oxygens (including phenoxy) is 15. The highest BCUT2D eigenvalue weighted by Gasteiger charge is 2.29. The molecular weight excluding hydrogens is 1600 g/mol. The van der Waals surface area contributed by atoms with Crippen LogP contribution >= 0.6 is 0 Å². The third kappa shape index (κ3) is 112. The predicted molar refractivity (Wildman–Crippen MR) is 563 cm³/mol. The van der Waals surface area contributed by atoms with E-state index >= 15 is 0 Å². The summed E-state index contributed by atoms with van der Waals surface area (Å²) in [7, 11) is 15.3. The van der Waals surface area contributed by atoms with Crippen molar-refractivity contribution in [3.8, 4) is 0 Å². The van der Waals surface area contributed by atoms with E-state index in [2.05, 4.69) is 284 Å². The van der Waals surface area contributed by atoms with E-state index in [4.69, 9.17) is 71.1 Å². The molecule has 0 N–H and O–H groups in total. The van der Waals surface area contributed by atoms with Gasteiger partial charge in [0.1, 0.15) is 6.10 Å². The van der Waals surface area contributed by atoms with Gasteiger partial charge in [-0.05, 0) is 186 Å². The van der Waals surface area contributed by atoms with Gasteiger partial charge in [-0.3, -0.25) is 0 Å². The maximum absolute atomic E-state index is 6.10. The van der Waals surface area contributed by atoms with Gasteiger partial charge in [0.2, 0.25) is 0 Å². The van der Waals surface area contributed by atoms with Crippen LogP contribution in [0.25, 0.3) is 0 Å². The Bertz CT molecular complexity index is 2200. The molecule has 0 amide bonds. The molecule has 786 valence electrons. The van der Waals surface area contributed by atoms with Crippen molar-refractivity contribution in [2.45, 2.75) is 488 Å². The number of methoxy groups -OCH3 is 9. The van der Waals surface area contributed by atoms with Crippen LogP contribution in [0.3, 0.4) is 0 Å². The first kappa shape index (κ1) is 145. The summed E-state index contributed by atoms with van der Waals surface area (Å²) in [6.45, 7) is 103. The lowest BCUT2D eigenvalue weighted by Crippen LogP contribution is -2.36. The molecule has 0 spiro atoms. The van der Waals surface area contributed by atoms with Crippen LogP contribution in [0, 0.1) is 102 Å². The zero-order chi connectivity index (χ0) is 100. The number of hydrogen-bond acceptors (Lipinski definition) is 15. The monoisotopic (exact) mass is 1840 g/mol. The van der Waals surface area contributed by atoms with E-state index < -0.39 is 0 Å².